The number of fused-ring (bicyclic) bond motifs is 1. The molecule has 0 spiro atoms. The van der Waals surface area contributed by atoms with Gasteiger partial charge in [0.1, 0.15) is 4.90 Å². The van der Waals surface area contributed by atoms with Crippen molar-refractivity contribution in [3.05, 3.63) is 35.7 Å². The average Bonchev–Trinajstić information content (AvgIpc) is 2.71. The van der Waals surface area contributed by atoms with Crippen LogP contribution in [0.1, 0.15) is 11.4 Å². The van der Waals surface area contributed by atoms with Gasteiger partial charge < -0.3 is 5.32 Å². The molecule has 1 aromatic heterocycles. The Bertz CT molecular complexity index is 795. The van der Waals surface area contributed by atoms with Crippen molar-refractivity contribution < 1.29 is 8.42 Å². The fraction of sp³-hybridized carbons (Fsp3) is 0.357. The van der Waals surface area contributed by atoms with Crippen molar-refractivity contribution in [1.82, 2.24) is 9.78 Å². The molecule has 0 saturated carbocycles. The standard InChI is InChI=1S/C14H18N4O2S/c1-10-14(11(2)17(3)16-10)21(19,20)18-9-8-15-12-6-4-5-7-13(12)18/h4-7,15H,8-9H2,1-3H3. The van der Waals surface area contributed by atoms with Gasteiger partial charge in [-0.05, 0) is 26.0 Å². The normalized spacial score (nSPS) is 14.7. The SMILES string of the molecule is Cc1nn(C)c(C)c1S(=O)(=O)N1CCNc2ccccc21. The summed E-state index contributed by atoms with van der Waals surface area (Å²) in [6.07, 6.45) is 0. The second kappa shape index (κ2) is 4.77. The molecule has 0 fully saturated rings. The number of benzene rings is 1. The number of hydrogen-bond acceptors (Lipinski definition) is 4. The highest BCUT2D eigenvalue weighted by molar-refractivity contribution is 7.93. The molecule has 7 heteroatoms. The first kappa shape index (κ1) is 13.9. The van der Waals surface area contributed by atoms with Gasteiger partial charge in [0, 0.05) is 13.6 Å². The predicted molar refractivity (Wildman–Crippen MR) is 82.1 cm³/mol. The van der Waals surface area contributed by atoms with Crippen LogP contribution >= 0.6 is 0 Å². The first-order valence-corrected chi connectivity index (χ1v) is 8.23. The zero-order valence-electron chi connectivity index (χ0n) is 12.3. The molecular formula is C14H18N4O2S. The minimum atomic E-state index is -3.61. The highest BCUT2D eigenvalue weighted by Crippen LogP contribution is 2.34. The van der Waals surface area contributed by atoms with Crippen molar-refractivity contribution in [2.45, 2.75) is 18.7 Å². The highest BCUT2D eigenvalue weighted by atomic mass is 32.2. The van der Waals surface area contributed by atoms with Crippen molar-refractivity contribution in [1.29, 1.82) is 0 Å². The van der Waals surface area contributed by atoms with E-state index >= 15 is 0 Å². The molecule has 1 aromatic carbocycles. The summed E-state index contributed by atoms with van der Waals surface area (Å²) in [6.45, 7) is 4.51. The van der Waals surface area contributed by atoms with E-state index in [1.54, 1.807) is 25.6 Å². The maximum atomic E-state index is 13.0. The molecule has 21 heavy (non-hydrogen) atoms. The molecule has 0 unspecified atom stereocenters. The fourth-order valence-electron chi connectivity index (χ4n) is 2.74. The molecule has 6 nitrogen and oxygen atoms in total. The number of aromatic nitrogens is 2. The van der Waals surface area contributed by atoms with Crippen LogP contribution in [0.3, 0.4) is 0 Å². The summed E-state index contributed by atoms with van der Waals surface area (Å²) in [5.74, 6) is 0. The number of nitrogens with zero attached hydrogens (tertiary/aromatic N) is 3. The first-order valence-electron chi connectivity index (χ1n) is 6.79. The van der Waals surface area contributed by atoms with Crippen LogP contribution in [-0.2, 0) is 17.1 Å². The number of hydrogen-bond donors (Lipinski definition) is 1. The van der Waals surface area contributed by atoms with Gasteiger partial charge in [-0.1, -0.05) is 12.1 Å². The van der Waals surface area contributed by atoms with Crippen molar-refractivity contribution in [2.75, 3.05) is 22.7 Å². The lowest BCUT2D eigenvalue weighted by atomic mass is 10.2. The van der Waals surface area contributed by atoms with E-state index in [9.17, 15) is 8.42 Å². The van der Waals surface area contributed by atoms with Gasteiger partial charge in [0.25, 0.3) is 10.0 Å². The number of rotatable bonds is 2. The molecule has 0 aliphatic carbocycles. The molecule has 0 bridgehead atoms. The van der Waals surface area contributed by atoms with Crippen LogP contribution in [0.25, 0.3) is 0 Å². The molecule has 2 heterocycles. The Balaban J connectivity index is 2.16. The van der Waals surface area contributed by atoms with Gasteiger partial charge in [0.15, 0.2) is 0 Å². The quantitative estimate of drug-likeness (QED) is 0.916. The van der Waals surface area contributed by atoms with Crippen LogP contribution in [0.15, 0.2) is 29.2 Å². The number of nitrogens with one attached hydrogen (secondary N) is 1. The highest BCUT2D eigenvalue weighted by Gasteiger charge is 2.33. The van der Waals surface area contributed by atoms with Crippen molar-refractivity contribution in [2.24, 2.45) is 7.05 Å². The molecule has 3 rings (SSSR count). The van der Waals surface area contributed by atoms with E-state index in [0.717, 1.165) is 5.69 Å². The largest absolute Gasteiger partial charge is 0.382 e. The summed E-state index contributed by atoms with van der Waals surface area (Å²) in [7, 11) is -1.85. The monoisotopic (exact) mass is 306 g/mol. The summed E-state index contributed by atoms with van der Waals surface area (Å²) < 4.78 is 29.2. The maximum absolute atomic E-state index is 13.0. The Labute approximate surface area is 124 Å². The zero-order chi connectivity index (χ0) is 15.2. The van der Waals surface area contributed by atoms with Gasteiger partial charge in [-0.15, -0.1) is 0 Å². The smallest absolute Gasteiger partial charge is 0.268 e. The Hall–Kier alpha value is -2.02. The number of anilines is 2. The van der Waals surface area contributed by atoms with E-state index < -0.39 is 10.0 Å². The van der Waals surface area contributed by atoms with Crippen molar-refractivity contribution in [3.8, 4) is 0 Å². The summed E-state index contributed by atoms with van der Waals surface area (Å²) >= 11 is 0. The molecule has 0 saturated heterocycles. The van der Waals surface area contributed by atoms with E-state index in [4.69, 9.17) is 0 Å². The lowest BCUT2D eigenvalue weighted by Gasteiger charge is -2.31. The average molecular weight is 306 g/mol. The number of aryl methyl sites for hydroxylation is 2. The van der Waals surface area contributed by atoms with Gasteiger partial charge >= 0.3 is 0 Å². The van der Waals surface area contributed by atoms with Crippen LogP contribution in [0.4, 0.5) is 11.4 Å². The third-order valence-electron chi connectivity index (χ3n) is 3.79. The van der Waals surface area contributed by atoms with E-state index in [1.165, 1.54) is 4.31 Å². The lowest BCUT2D eigenvalue weighted by molar-refractivity contribution is 0.589. The third kappa shape index (κ3) is 2.08. The topological polar surface area (TPSA) is 67.2 Å². The minimum Gasteiger partial charge on any atom is -0.382 e. The molecule has 1 N–H and O–H groups in total. The predicted octanol–water partition coefficient (Wildman–Crippen LogP) is 1.66. The minimum absolute atomic E-state index is 0.307. The van der Waals surface area contributed by atoms with Crippen molar-refractivity contribution >= 4 is 21.4 Å². The number of sulfonamides is 1. The lowest BCUT2D eigenvalue weighted by Crippen LogP contribution is -2.39. The molecule has 112 valence electrons. The van der Waals surface area contributed by atoms with E-state index in [2.05, 4.69) is 10.4 Å². The van der Waals surface area contributed by atoms with Crippen LogP contribution in [-0.4, -0.2) is 31.3 Å². The van der Waals surface area contributed by atoms with Gasteiger partial charge in [0.05, 0.1) is 29.3 Å². The van der Waals surface area contributed by atoms with Gasteiger partial charge in [0.2, 0.25) is 0 Å². The van der Waals surface area contributed by atoms with Gasteiger partial charge in [-0.25, -0.2) is 8.42 Å². The van der Waals surface area contributed by atoms with Crippen LogP contribution in [0.2, 0.25) is 0 Å². The third-order valence-corrected chi connectivity index (χ3v) is 5.86. The molecule has 0 radical (unpaired) electrons. The van der Waals surface area contributed by atoms with Crippen molar-refractivity contribution in [3.63, 3.8) is 0 Å². The molecule has 1 aliphatic rings. The zero-order valence-corrected chi connectivity index (χ0v) is 13.1. The Morgan fingerprint density at radius 3 is 2.62 bits per heavy atom. The van der Waals surface area contributed by atoms with Crippen LogP contribution < -0.4 is 9.62 Å². The Kier molecular flexibility index (Phi) is 3.16. The van der Waals surface area contributed by atoms with Crippen LogP contribution in [0, 0.1) is 13.8 Å². The second-order valence-corrected chi connectivity index (χ2v) is 6.94. The van der Waals surface area contributed by atoms with Crippen LogP contribution in [0.5, 0.6) is 0 Å². The van der Waals surface area contributed by atoms with E-state index in [-0.39, 0.29) is 0 Å². The Morgan fingerprint density at radius 2 is 1.95 bits per heavy atom. The summed E-state index contributed by atoms with van der Waals surface area (Å²) in [5.41, 5.74) is 2.72. The summed E-state index contributed by atoms with van der Waals surface area (Å²) in [5, 5.41) is 7.45. The van der Waals surface area contributed by atoms with E-state index in [1.807, 2.05) is 24.3 Å². The Morgan fingerprint density at radius 1 is 1.24 bits per heavy atom. The molecule has 0 atom stereocenters. The summed E-state index contributed by atoms with van der Waals surface area (Å²) in [4.78, 5) is 0.307. The molecule has 2 aromatic rings. The maximum Gasteiger partial charge on any atom is 0.268 e. The van der Waals surface area contributed by atoms with E-state index in [0.29, 0.717) is 35.1 Å². The second-order valence-electron chi connectivity index (χ2n) is 5.14. The molecular weight excluding hydrogens is 288 g/mol. The first-order chi connectivity index (χ1) is 9.93. The van der Waals surface area contributed by atoms with Gasteiger partial charge in [-0.2, -0.15) is 5.10 Å². The molecule has 1 aliphatic heterocycles. The number of para-hydroxylation sites is 2. The van der Waals surface area contributed by atoms with Gasteiger partial charge in [-0.3, -0.25) is 8.99 Å². The fourth-order valence-corrected chi connectivity index (χ4v) is 4.63. The molecule has 0 amide bonds. The summed E-state index contributed by atoms with van der Waals surface area (Å²) in [6, 6.07) is 7.44.